The molecule has 3 rings (SSSR count). The number of fused-ring (bicyclic) bond motifs is 2. The molecule has 0 bridgehead atoms. The fourth-order valence-electron chi connectivity index (χ4n) is 1.99. The minimum absolute atomic E-state index is 0.0167. The summed E-state index contributed by atoms with van der Waals surface area (Å²) in [5.74, 6) is 1.15. The lowest BCUT2D eigenvalue weighted by molar-refractivity contribution is 0.172. The molecule has 0 N–H and O–H groups in total. The Morgan fingerprint density at radius 2 is 1.89 bits per heavy atom. The van der Waals surface area contributed by atoms with Crippen LogP contribution in [0.15, 0.2) is 41.4 Å². The van der Waals surface area contributed by atoms with Gasteiger partial charge in [-0.15, -0.1) is 0 Å². The van der Waals surface area contributed by atoms with Crippen molar-refractivity contribution in [3.05, 3.63) is 36.4 Å². The highest BCUT2D eigenvalue weighted by Crippen LogP contribution is 2.36. The molecular formula is C13H11NO4S. The molecule has 2 heterocycles. The first kappa shape index (κ1) is 12.0. The Kier molecular flexibility index (Phi) is 2.67. The number of hydrogen-bond donors (Lipinski definition) is 0. The molecular weight excluding hydrogens is 266 g/mol. The third kappa shape index (κ3) is 1.94. The van der Waals surface area contributed by atoms with Crippen LogP contribution in [0.5, 0.6) is 11.5 Å². The van der Waals surface area contributed by atoms with Crippen molar-refractivity contribution in [3.8, 4) is 11.5 Å². The van der Waals surface area contributed by atoms with Gasteiger partial charge in [-0.25, -0.2) is 13.4 Å². The average molecular weight is 277 g/mol. The zero-order valence-corrected chi connectivity index (χ0v) is 10.8. The molecule has 0 aliphatic carbocycles. The van der Waals surface area contributed by atoms with Crippen LogP contribution in [-0.2, 0) is 9.84 Å². The Balaban J connectivity index is 2.34. The monoisotopic (exact) mass is 277 g/mol. The molecule has 0 unspecified atom stereocenters. The van der Waals surface area contributed by atoms with E-state index in [9.17, 15) is 8.42 Å². The second-order valence-corrected chi connectivity index (χ2v) is 5.85. The van der Waals surface area contributed by atoms with Crippen molar-refractivity contribution in [3.63, 3.8) is 0 Å². The first-order chi connectivity index (χ1) is 9.12. The number of nitrogens with zero attached hydrogens (tertiary/aromatic N) is 1. The number of aromatic nitrogens is 1. The van der Waals surface area contributed by atoms with Gasteiger partial charge in [0.15, 0.2) is 16.5 Å². The number of hydrogen-bond acceptors (Lipinski definition) is 5. The van der Waals surface area contributed by atoms with Gasteiger partial charge in [-0.1, -0.05) is 6.58 Å². The van der Waals surface area contributed by atoms with Crippen LogP contribution in [0, 0.1) is 0 Å². The van der Waals surface area contributed by atoms with Gasteiger partial charge < -0.3 is 9.47 Å². The number of pyridine rings is 1. The van der Waals surface area contributed by atoms with Crippen molar-refractivity contribution < 1.29 is 17.9 Å². The third-order valence-electron chi connectivity index (χ3n) is 2.88. The van der Waals surface area contributed by atoms with E-state index in [1.165, 1.54) is 6.20 Å². The van der Waals surface area contributed by atoms with E-state index >= 15 is 0 Å². The number of benzene rings is 1. The summed E-state index contributed by atoms with van der Waals surface area (Å²) in [5.41, 5.74) is 0. The molecule has 5 nitrogen and oxygen atoms in total. The Labute approximate surface area is 110 Å². The van der Waals surface area contributed by atoms with Crippen LogP contribution in [0.4, 0.5) is 0 Å². The summed E-state index contributed by atoms with van der Waals surface area (Å²) >= 11 is 0. The van der Waals surface area contributed by atoms with Gasteiger partial charge in [0.25, 0.3) is 0 Å². The van der Waals surface area contributed by atoms with Crippen LogP contribution in [0.3, 0.4) is 0 Å². The molecule has 1 aliphatic heterocycles. The Morgan fingerprint density at radius 1 is 1.21 bits per heavy atom. The summed E-state index contributed by atoms with van der Waals surface area (Å²) in [6.07, 6.45) is 1.45. The van der Waals surface area contributed by atoms with Gasteiger partial charge in [-0.3, -0.25) is 0 Å². The maximum absolute atomic E-state index is 11.9. The first-order valence-corrected chi connectivity index (χ1v) is 7.22. The minimum atomic E-state index is -3.59. The van der Waals surface area contributed by atoms with Gasteiger partial charge in [0, 0.05) is 17.0 Å². The van der Waals surface area contributed by atoms with Crippen molar-refractivity contribution >= 4 is 20.6 Å². The Morgan fingerprint density at radius 3 is 2.58 bits per heavy atom. The zero-order valence-electron chi connectivity index (χ0n) is 10.00. The van der Waals surface area contributed by atoms with E-state index in [1.54, 1.807) is 18.2 Å². The molecule has 1 aliphatic rings. The van der Waals surface area contributed by atoms with Gasteiger partial charge >= 0.3 is 0 Å². The molecule has 0 fully saturated rings. The third-order valence-corrected chi connectivity index (χ3v) is 4.18. The minimum Gasteiger partial charge on any atom is -0.486 e. The van der Waals surface area contributed by atoms with Crippen LogP contribution in [0.1, 0.15) is 0 Å². The van der Waals surface area contributed by atoms with Crippen molar-refractivity contribution in [2.45, 2.75) is 5.03 Å². The van der Waals surface area contributed by atoms with E-state index in [2.05, 4.69) is 11.6 Å². The van der Waals surface area contributed by atoms with Crippen LogP contribution < -0.4 is 9.47 Å². The number of rotatable bonds is 2. The van der Waals surface area contributed by atoms with Crippen LogP contribution in [-0.4, -0.2) is 26.6 Å². The lowest BCUT2D eigenvalue weighted by Gasteiger charge is -2.19. The highest BCUT2D eigenvalue weighted by molar-refractivity contribution is 7.94. The maximum atomic E-state index is 11.9. The van der Waals surface area contributed by atoms with E-state index in [1.807, 2.05) is 0 Å². The molecule has 6 heteroatoms. The van der Waals surface area contributed by atoms with Gasteiger partial charge in [-0.05, 0) is 23.6 Å². The Hall–Kier alpha value is -2.08. The van der Waals surface area contributed by atoms with Gasteiger partial charge in [0.05, 0.1) is 0 Å². The van der Waals surface area contributed by atoms with Crippen LogP contribution in [0.25, 0.3) is 10.8 Å². The lowest BCUT2D eigenvalue weighted by Crippen LogP contribution is -2.15. The molecule has 0 atom stereocenters. The zero-order chi connectivity index (χ0) is 13.5. The molecule has 2 aromatic rings. The van der Waals surface area contributed by atoms with E-state index < -0.39 is 9.84 Å². The molecule has 19 heavy (non-hydrogen) atoms. The van der Waals surface area contributed by atoms with Gasteiger partial charge in [-0.2, -0.15) is 0 Å². The summed E-state index contributed by atoms with van der Waals surface area (Å²) in [7, 11) is -3.59. The summed E-state index contributed by atoms with van der Waals surface area (Å²) < 4.78 is 34.8. The fraction of sp³-hybridized carbons (Fsp3) is 0.154. The maximum Gasteiger partial charge on any atom is 0.217 e. The largest absolute Gasteiger partial charge is 0.486 e. The molecule has 0 spiro atoms. The molecule has 0 saturated carbocycles. The van der Waals surface area contributed by atoms with Crippen molar-refractivity contribution in [2.24, 2.45) is 0 Å². The fourth-order valence-corrected chi connectivity index (χ4v) is 2.84. The standard InChI is InChI=1S/C13H11NO4S/c1-2-19(15,16)13-10-8-12-11(17-5-6-18-12)7-9(10)3-4-14-13/h2-4,7-8H,1,5-6H2. The predicted octanol–water partition coefficient (Wildman–Crippen LogP) is 1.92. The summed E-state index contributed by atoms with van der Waals surface area (Å²) in [4.78, 5) is 3.94. The molecule has 1 aromatic heterocycles. The average Bonchev–Trinajstić information content (AvgIpc) is 2.44. The van der Waals surface area contributed by atoms with E-state index in [0.717, 1.165) is 10.8 Å². The lowest BCUT2D eigenvalue weighted by atomic mass is 10.1. The molecule has 0 saturated heterocycles. The SMILES string of the molecule is C=CS(=O)(=O)c1nccc2cc3c(cc12)OCCO3. The molecule has 1 aromatic carbocycles. The van der Waals surface area contributed by atoms with Crippen LogP contribution >= 0.6 is 0 Å². The summed E-state index contributed by atoms with van der Waals surface area (Å²) in [5, 5.41) is 2.12. The summed E-state index contributed by atoms with van der Waals surface area (Å²) in [6, 6.07) is 5.14. The molecule has 0 amide bonds. The van der Waals surface area contributed by atoms with Crippen molar-refractivity contribution in [1.82, 2.24) is 4.98 Å². The quantitative estimate of drug-likeness (QED) is 0.839. The highest BCUT2D eigenvalue weighted by atomic mass is 32.2. The molecule has 98 valence electrons. The van der Waals surface area contributed by atoms with Crippen LogP contribution in [0.2, 0.25) is 0 Å². The highest BCUT2D eigenvalue weighted by Gasteiger charge is 2.19. The summed E-state index contributed by atoms with van der Waals surface area (Å²) in [6.45, 7) is 4.25. The van der Waals surface area contributed by atoms with Crippen molar-refractivity contribution in [1.29, 1.82) is 0 Å². The van der Waals surface area contributed by atoms with Gasteiger partial charge in [0.2, 0.25) is 9.84 Å². The second-order valence-electron chi connectivity index (χ2n) is 4.04. The van der Waals surface area contributed by atoms with E-state index in [0.29, 0.717) is 30.1 Å². The van der Waals surface area contributed by atoms with Crippen molar-refractivity contribution in [2.75, 3.05) is 13.2 Å². The predicted molar refractivity (Wildman–Crippen MR) is 70.1 cm³/mol. The smallest absolute Gasteiger partial charge is 0.217 e. The normalized spacial score (nSPS) is 14.3. The topological polar surface area (TPSA) is 65.5 Å². The van der Waals surface area contributed by atoms with E-state index in [4.69, 9.17) is 9.47 Å². The van der Waals surface area contributed by atoms with Gasteiger partial charge in [0.1, 0.15) is 13.2 Å². The number of ether oxygens (including phenoxy) is 2. The number of sulfone groups is 1. The first-order valence-electron chi connectivity index (χ1n) is 5.68. The second kappa shape index (κ2) is 4.24. The van der Waals surface area contributed by atoms with E-state index in [-0.39, 0.29) is 5.03 Å². The molecule has 0 radical (unpaired) electrons. The Bertz CT molecular complexity index is 768.